The quantitative estimate of drug-likeness (QED) is 0.728. The smallest absolute Gasteiger partial charge is 0.270 e. The Kier molecular flexibility index (Phi) is 5.11. The first-order valence-corrected chi connectivity index (χ1v) is 9.62. The van der Waals surface area contributed by atoms with Crippen molar-refractivity contribution in [2.24, 2.45) is 7.05 Å². The zero-order chi connectivity index (χ0) is 17.1. The Bertz CT molecular complexity index is 791. The molecule has 0 bridgehead atoms. The van der Waals surface area contributed by atoms with E-state index >= 15 is 0 Å². The minimum Gasteiger partial charge on any atom is -0.341 e. The number of nitrogens with zero attached hydrogens (tertiary/aromatic N) is 3. The fraction of sp³-hybridized carbons (Fsp3) is 0.353. The molecule has 0 aliphatic carbocycles. The third kappa shape index (κ3) is 3.73. The van der Waals surface area contributed by atoms with E-state index in [0.29, 0.717) is 11.6 Å². The van der Waals surface area contributed by atoms with Crippen molar-refractivity contribution in [1.82, 2.24) is 20.1 Å². The summed E-state index contributed by atoms with van der Waals surface area (Å²) in [5.74, 6) is 0.172. The van der Waals surface area contributed by atoms with Gasteiger partial charge in [0.25, 0.3) is 5.91 Å². The van der Waals surface area contributed by atoms with E-state index in [4.69, 9.17) is 0 Å². The molecular weight excluding hydrogens is 340 g/mol. The number of rotatable bonds is 6. The van der Waals surface area contributed by atoms with E-state index in [2.05, 4.69) is 40.7 Å². The largest absolute Gasteiger partial charge is 0.341 e. The first kappa shape index (κ1) is 16.9. The first-order chi connectivity index (χ1) is 11.5. The monoisotopic (exact) mass is 360 g/mol. The van der Waals surface area contributed by atoms with Gasteiger partial charge in [-0.2, -0.15) is 16.4 Å². The Labute approximate surface area is 149 Å². The Morgan fingerprint density at radius 2 is 2.21 bits per heavy atom. The number of carbonyl (C=O) groups is 1. The van der Waals surface area contributed by atoms with Crippen molar-refractivity contribution in [3.05, 3.63) is 56.4 Å². The first-order valence-electron chi connectivity index (χ1n) is 7.80. The van der Waals surface area contributed by atoms with Crippen molar-refractivity contribution in [3.63, 3.8) is 0 Å². The molecule has 0 spiro atoms. The van der Waals surface area contributed by atoms with Crippen LogP contribution in [0.2, 0.25) is 0 Å². The Morgan fingerprint density at radius 3 is 2.79 bits per heavy atom. The second-order valence-corrected chi connectivity index (χ2v) is 7.67. The van der Waals surface area contributed by atoms with Crippen LogP contribution < -0.4 is 5.32 Å². The Balaban J connectivity index is 1.80. The standard InChI is InChI=1S/C17H20N4OS2/c1-11(2)13-9-15(21(3)20-13)16(22)19-14(17-18-5-7-24-17)8-12-4-6-23-10-12/h4-7,9-11,14H,8H2,1-3H3,(H,19,22)/t14-/m0/s1. The lowest BCUT2D eigenvalue weighted by Gasteiger charge is -2.16. The van der Waals surface area contributed by atoms with Gasteiger partial charge in [-0.3, -0.25) is 9.48 Å². The zero-order valence-corrected chi connectivity index (χ0v) is 15.5. The summed E-state index contributed by atoms with van der Waals surface area (Å²) >= 11 is 3.22. The molecule has 3 heterocycles. The average molecular weight is 361 g/mol. The number of carbonyl (C=O) groups excluding carboxylic acids is 1. The van der Waals surface area contributed by atoms with Gasteiger partial charge in [-0.15, -0.1) is 11.3 Å². The van der Waals surface area contributed by atoms with Gasteiger partial charge in [-0.25, -0.2) is 4.98 Å². The summed E-state index contributed by atoms with van der Waals surface area (Å²) in [6.07, 6.45) is 2.51. The summed E-state index contributed by atoms with van der Waals surface area (Å²) in [6, 6.07) is 3.81. The number of nitrogens with one attached hydrogen (secondary N) is 1. The highest BCUT2D eigenvalue weighted by Gasteiger charge is 2.21. The lowest BCUT2D eigenvalue weighted by atomic mass is 10.1. The molecule has 24 heavy (non-hydrogen) atoms. The van der Waals surface area contributed by atoms with E-state index < -0.39 is 0 Å². The highest BCUT2D eigenvalue weighted by Crippen LogP contribution is 2.23. The highest BCUT2D eigenvalue weighted by atomic mass is 32.1. The van der Waals surface area contributed by atoms with Gasteiger partial charge in [0.15, 0.2) is 0 Å². The number of aromatic nitrogens is 3. The molecule has 3 rings (SSSR count). The van der Waals surface area contributed by atoms with Gasteiger partial charge in [-0.1, -0.05) is 13.8 Å². The highest BCUT2D eigenvalue weighted by molar-refractivity contribution is 7.09. The topological polar surface area (TPSA) is 59.8 Å². The maximum absolute atomic E-state index is 12.7. The lowest BCUT2D eigenvalue weighted by molar-refractivity contribution is 0.0927. The molecule has 1 amide bonds. The summed E-state index contributed by atoms with van der Waals surface area (Å²) in [4.78, 5) is 17.1. The maximum Gasteiger partial charge on any atom is 0.270 e. The molecule has 0 fully saturated rings. The van der Waals surface area contributed by atoms with Crippen LogP contribution in [-0.4, -0.2) is 20.7 Å². The second kappa shape index (κ2) is 7.27. The van der Waals surface area contributed by atoms with Gasteiger partial charge in [-0.05, 0) is 34.4 Å². The van der Waals surface area contributed by atoms with E-state index in [9.17, 15) is 4.79 Å². The molecular formula is C17H20N4OS2. The number of hydrogen-bond donors (Lipinski definition) is 1. The van der Waals surface area contributed by atoms with Gasteiger partial charge in [0, 0.05) is 25.0 Å². The average Bonchev–Trinajstić information content (AvgIpc) is 3.27. The van der Waals surface area contributed by atoms with Gasteiger partial charge >= 0.3 is 0 Å². The molecule has 0 unspecified atom stereocenters. The molecule has 0 saturated heterocycles. The van der Waals surface area contributed by atoms with Crippen LogP contribution in [0.3, 0.4) is 0 Å². The summed E-state index contributed by atoms with van der Waals surface area (Å²) in [6.45, 7) is 4.14. The predicted octanol–water partition coefficient (Wildman–Crippen LogP) is 3.78. The van der Waals surface area contributed by atoms with Crippen molar-refractivity contribution < 1.29 is 4.79 Å². The molecule has 0 aliphatic heterocycles. The van der Waals surface area contributed by atoms with Gasteiger partial charge in [0.2, 0.25) is 0 Å². The molecule has 3 aromatic heterocycles. The number of thiazole rings is 1. The lowest BCUT2D eigenvalue weighted by Crippen LogP contribution is -2.31. The summed E-state index contributed by atoms with van der Waals surface area (Å²) in [7, 11) is 1.80. The van der Waals surface area contributed by atoms with Crippen LogP contribution in [-0.2, 0) is 13.5 Å². The minimum atomic E-state index is -0.135. The molecule has 1 N–H and O–H groups in total. The molecule has 1 atom stereocenters. The second-order valence-electron chi connectivity index (χ2n) is 5.96. The third-order valence-corrected chi connectivity index (χ3v) is 5.42. The molecule has 5 nitrogen and oxygen atoms in total. The van der Waals surface area contributed by atoms with E-state index in [1.807, 2.05) is 16.8 Å². The predicted molar refractivity (Wildman–Crippen MR) is 97.6 cm³/mol. The fourth-order valence-corrected chi connectivity index (χ4v) is 3.84. The van der Waals surface area contributed by atoms with E-state index in [1.165, 1.54) is 5.56 Å². The van der Waals surface area contributed by atoms with Crippen molar-refractivity contribution in [2.45, 2.75) is 32.2 Å². The van der Waals surface area contributed by atoms with Crippen molar-refractivity contribution in [3.8, 4) is 0 Å². The van der Waals surface area contributed by atoms with Crippen LogP contribution in [0.25, 0.3) is 0 Å². The summed E-state index contributed by atoms with van der Waals surface area (Å²) in [5, 5.41) is 14.5. The van der Waals surface area contributed by atoms with Crippen LogP contribution in [0.1, 0.15) is 52.6 Å². The Morgan fingerprint density at radius 1 is 1.38 bits per heavy atom. The summed E-state index contributed by atoms with van der Waals surface area (Å²) < 4.78 is 1.65. The van der Waals surface area contributed by atoms with E-state index in [-0.39, 0.29) is 11.9 Å². The number of aryl methyl sites for hydroxylation is 1. The number of hydrogen-bond acceptors (Lipinski definition) is 5. The molecule has 0 aliphatic rings. The third-order valence-electron chi connectivity index (χ3n) is 3.80. The summed E-state index contributed by atoms with van der Waals surface area (Å²) in [5.41, 5.74) is 2.70. The fourth-order valence-electron chi connectivity index (χ4n) is 2.47. The number of amides is 1. The Hall–Kier alpha value is -1.99. The van der Waals surface area contributed by atoms with Crippen LogP contribution in [0.15, 0.2) is 34.5 Å². The van der Waals surface area contributed by atoms with Crippen LogP contribution in [0.4, 0.5) is 0 Å². The van der Waals surface area contributed by atoms with Crippen LogP contribution in [0, 0.1) is 0 Å². The number of thiophene rings is 1. The molecule has 7 heteroatoms. The van der Waals surface area contributed by atoms with Gasteiger partial charge in [0.1, 0.15) is 10.7 Å². The maximum atomic E-state index is 12.7. The SMILES string of the molecule is CC(C)c1cc(C(=O)N[C@@H](Cc2ccsc2)c2nccs2)n(C)n1. The zero-order valence-electron chi connectivity index (χ0n) is 13.9. The van der Waals surface area contributed by atoms with E-state index in [0.717, 1.165) is 17.1 Å². The molecule has 0 aromatic carbocycles. The molecule has 0 saturated carbocycles. The molecule has 126 valence electrons. The minimum absolute atomic E-state index is 0.118. The van der Waals surface area contributed by atoms with Crippen molar-refractivity contribution in [1.29, 1.82) is 0 Å². The van der Waals surface area contributed by atoms with Crippen molar-refractivity contribution >= 4 is 28.6 Å². The van der Waals surface area contributed by atoms with Gasteiger partial charge in [0.05, 0.1) is 11.7 Å². The van der Waals surface area contributed by atoms with E-state index in [1.54, 1.807) is 40.6 Å². The molecule has 0 radical (unpaired) electrons. The van der Waals surface area contributed by atoms with Crippen LogP contribution >= 0.6 is 22.7 Å². The van der Waals surface area contributed by atoms with Gasteiger partial charge < -0.3 is 5.32 Å². The molecule has 3 aromatic rings. The van der Waals surface area contributed by atoms with Crippen LogP contribution in [0.5, 0.6) is 0 Å². The van der Waals surface area contributed by atoms with Crippen molar-refractivity contribution in [2.75, 3.05) is 0 Å². The normalized spacial score (nSPS) is 12.5.